The van der Waals surface area contributed by atoms with Crippen LogP contribution in [0, 0.1) is 5.92 Å². The first-order valence-electron chi connectivity index (χ1n) is 10.6. The van der Waals surface area contributed by atoms with Gasteiger partial charge in [0.15, 0.2) is 5.92 Å². The van der Waals surface area contributed by atoms with Gasteiger partial charge in [0.1, 0.15) is 6.61 Å². The molecule has 0 aromatic rings. The Balaban J connectivity index is 3.47. The summed E-state index contributed by atoms with van der Waals surface area (Å²) in [5, 5.41) is 9.12. The second kappa shape index (κ2) is 18.5. The molecule has 0 aromatic carbocycles. The zero-order valence-electron chi connectivity index (χ0n) is 16.8. The lowest BCUT2D eigenvalue weighted by atomic mass is 10.00. The van der Waals surface area contributed by atoms with Gasteiger partial charge in [-0.25, -0.2) is 0 Å². The SMILES string of the molecule is C=CCOC(=O)C(CCCCCCCCCCCCCCCC)C(=O)O. The molecule has 0 aromatic heterocycles. The van der Waals surface area contributed by atoms with Gasteiger partial charge in [0.25, 0.3) is 0 Å². The molecule has 4 nitrogen and oxygen atoms in total. The predicted molar refractivity (Wildman–Crippen MR) is 107 cm³/mol. The fraction of sp³-hybridized carbons (Fsp3) is 0.818. The van der Waals surface area contributed by atoms with Crippen molar-refractivity contribution < 1.29 is 19.4 Å². The van der Waals surface area contributed by atoms with Gasteiger partial charge in [-0.3, -0.25) is 9.59 Å². The summed E-state index contributed by atoms with van der Waals surface area (Å²) in [5.74, 6) is -2.77. The lowest BCUT2D eigenvalue weighted by Gasteiger charge is -2.11. The van der Waals surface area contributed by atoms with Crippen LogP contribution in [0.2, 0.25) is 0 Å². The molecule has 0 amide bonds. The van der Waals surface area contributed by atoms with Crippen molar-refractivity contribution in [2.75, 3.05) is 6.61 Å². The Morgan fingerprint density at radius 3 is 1.65 bits per heavy atom. The van der Waals surface area contributed by atoms with E-state index in [-0.39, 0.29) is 6.61 Å². The highest BCUT2D eigenvalue weighted by atomic mass is 16.5. The van der Waals surface area contributed by atoms with Crippen molar-refractivity contribution in [1.29, 1.82) is 0 Å². The number of carboxylic acid groups (broad SMARTS) is 1. The first-order chi connectivity index (χ1) is 12.6. The number of rotatable bonds is 19. The van der Waals surface area contributed by atoms with Crippen LogP contribution < -0.4 is 0 Å². The second-order valence-corrected chi connectivity index (χ2v) is 7.19. The highest BCUT2D eigenvalue weighted by molar-refractivity contribution is 5.93. The van der Waals surface area contributed by atoms with Crippen molar-refractivity contribution in [2.24, 2.45) is 5.92 Å². The van der Waals surface area contributed by atoms with E-state index in [9.17, 15) is 9.59 Å². The molecule has 0 saturated heterocycles. The van der Waals surface area contributed by atoms with E-state index < -0.39 is 17.9 Å². The van der Waals surface area contributed by atoms with Crippen molar-refractivity contribution in [3.05, 3.63) is 12.7 Å². The summed E-state index contributed by atoms with van der Waals surface area (Å²) in [4.78, 5) is 22.8. The largest absolute Gasteiger partial charge is 0.481 e. The van der Waals surface area contributed by atoms with Gasteiger partial charge in [0.05, 0.1) is 0 Å². The van der Waals surface area contributed by atoms with E-state index in [4.69, 9.17) is 9.84 Å². The molecule has 0 radical (unpaired) electrons. The van der Waals surface area contributed by atoms with Gasteiger partial charge in [-0.05, 0) is 6.42 Å². The molecule has 0 rings (SSSR count). The zero-order valence-corrected chi connectivity index (χ0v) is 16.8. The lowest BCUT2D eigenvalue weighted by Crippen LogP contribution is -2.26. The quantitative estimate of drug-likeness (QED) is 0.126. The van der Waals surface area contributed by atoms with Gasteiger partial charge in [-0.2, -0.15) is 0 Å². The molecule has 26 heavy (non-hydrogen) atoms. The molecule has 4 heteroatoms. The average molecular weight is 369 g/mol. The fourth-order valence-electron chi connectivity index (χ4n) is 3.13. The molecule has 0 aliphatic carbocycles. The molecule has 0 spiro atoms. The summed E-state index contributed by atoms with van der Waals surface area (Å²) in [6.07, 6.45) is 19.4. The number of carboxylic acids is 1. The second-order valence-electron chi connectivity index (χ2n) is 7.19. The average Bonchev–Trinajstić information content (AvgIpc) is 2.62. The number of carbonyl (C=O) groups is 2. The highest BCUT2D eigenvalue weighted by Crippen LogP contribution is 2.16. The molecule has 0 bridgehead atoms. The number of ether oxygens (including phenoxy) is 1. The van der Waals surface area contributed by atoms with E-state index in [0.29, 0.717) is 6.42 Å². The maximum absolute atomic E-state index is 11.7. The molecule has 0 heterocycles. The smallest absolute Gasteiger partial charge is 0.320 e. The van der Waals surface area contributed by atoms with Crippen LogP contribution in [0.4, 0.5) is 0 Å². The van der Waals surface area contributed by atoms with Crippen molar-refractivity contribution in [3.63, 3.8) is 0 Å². The Bertz CT molecular complexity index is 365. The Kier molecular flexibility index (Phi) is 17.5. The third-order valence-electron chi connectivity index (χ3n) is 4.77. The maximum atomic E-state index is 11.7. The van der Waals surface area contributed by atoms with Crippen molar-refractivity contribution in [3.8, 4) is 0 Å². The summed E-state index contributed by atoms with van der Waals surface area (Å²) in [5.41, 5.74) is 0. The third kappa shape index (κ3) is 15.0. The zero-order chi connectivity index (χ0) is 19.5. The van der Waals surface area contributed by atoms with Gasteiger partial charge < -0.3 is 9.84 Å². The molecule has 0 fully saturated rings. The van der Waals surface area contributed by atoms with Gasteiger partial charge >= 0.3 is 11.9 Å². The van der Waals surface area contributed by atoms with Crippen LogP contribution >= 0.6 is 0 Å². The fourth-order valence-corrected chi connectivity index (χ4v) is 3.13. The van der Waals surface area contributed by atoms with E-state index in [2.05, 4.69) is 13.5 Å². The molecule has 1 N–H and O–H groups in total. The molecular formula is C22H40O4. The molecule has 0 saturated carbocycles. The van der Waals surface area contributed by atoms with Crippen LogP contribution in [0.3, 0.4) is 0 Å². The summed E-state index contributed by atoms with van der Waals surface area (Å²) < 4.78 is 4.85. The third-order valence-corrected chi connectivity index (χ3v) is 4.77. The molecule has 152 valence electrons. The molecule has 1 atom stereocenters. The lowest BCUT2D eigenvalue weighted by molar-refractivity contribution is -0.158. The van der Waals surface area contributed by atoms with Gasteiger partial charge in [0, 0.05) is 0 Å². The molecule has 1 unspecified atom stereocenters. The Labute approximate surface area is 160 Å². The van der Waals surface area contributed by atoms with Crippen LogP contribution in [-0.4, -0.2) is 23.7 Å². The summed E-state index contributed by atoms with van der Waals surface area (Å²) >= 11 is 0. The number of hydrogen-bond donors (Lipinski definition) is 1. The van der Waals surface area contributed by atoms with E-state index in [0.717, 1.165) is 19.3 Å². The van der Waals surface area contributed by atoms with Gasteiger partial charge in [-0.15, -0.1) is 0 Å². The monoisotopic (exact) mass is 368 g/mol. The van der Waals surface area contributed by atoms with Crippen molar-refractivity contribution in [2.45, 2.75) is 103 Å². The van der Waals surface area contributed by atoms with Crippen LogP contribution in [-0.2, 0) is 14.3 Å². The van der Waals surface area contributed by atoms with Gasteiger partial charge in [-0.1, -0.05) is 109 Å². The van der Waals surface area contributed by atoms with Crippen LogP contribution in [0.15, 0.2) is 12.7 Å². The topological polar surface area (TPSA) is 63.6 Å². The Hall–Kier alpha value is -1.32. The minimum Gasteiger partial charge on any atom is -0.481 e. The number of unbranched alkanes of at least 4 members (excludes halogenated alkanes) is 13. The van der Waals surface area contributed by atoms with Crippen LogP contribution in [0.25, 0.3) is 0 Å². The molecule has 0 aliphatic rings. The van der Waals surface area contributed by atoms with E-state index in [1.165, 1.54) is 76.7 Å². The van der Waals surface area contributed by atoms with E-state index >= 15 is 0 Å². The number of carbonyl (C=O) groups excluding carboxylic acids is 1. The summed E-state index contributed by atoms with van der Waals surface area (Å²) in [6, 6.07) is 0. The molecular weight excluding hydrogens is 328 g/mol. The minimum atomic E-state index is -1.09. The van der Waals surface area contributed by atoms with E-state index in [1.807, 2.05) is 0 Å². The van der Waals surface area contributed by atoms with Crippen molar-refractivity contribution in [1.82, 2.24) is 0 Å². The van der Waals surface area contributed by atoms with Crippen LogP contribution in [0.5, 0.6) is 0 Å². The molecule has 0 aliphatic heterocycles. The van der Waals surface area contributed by atoms with E-state index in [1.54, 1.807) is 0 Å². The van der Waals surface area contributed by atoms with Gasteiger partial charge in [0.2, 0.25) is 0 Å². The standard InChI is InChI=1S/C22H40O4/c1-3-5-6-7-8-9-10-11-12-13-14-15-16-17-18-20(21(23)24)22(25)26-19-4-2/h4,20H,2-3,5-19H2,1H3,(H,23,24). The van der Waals surface area contributed by atoms with Crippen molar-refractivity contribution >= 4 is 11.9 Å². The predicted octanol–water partition coefficient (Wildman–Crippen LogP) is 6.29. The number of esters is 1. The maximum Gasteiger partial charge on any atom is 0.320 e. The Morgan fingerprint density at radius 2 is 1.27 bits per heavy atom. The Morgan fingerprint density at radius 1 is 0.846 bits per heavy atom. The summed E-state index contributed by atoms with van der Waals surface area (Å²) in [7, 11) is 0. The first kappa shape index (κ1) is 24.7. The number of aliphatic carboxylic acids is 1. The van der Waals surface area contributed by atoms with Crippen LogP contribution in [0.1, 0.15) is 103 Å². The highest BCUT2D eigenvalue weighted by Gasteiger charge is 2.26. The normalized spacial score (nSPS) is 11.9. The number of hydrogen-bond acceptors (Lipinski definition) is 3. The first-order valence-corrected chi connectivity index (χ1v) is 10.6. The minimum absolute atomic E-state index is 0.0708. The summed E-state index contributed by atoms with van der Waals surface area (Å²) in [6.45, 7) is 5.78.